The zero-order chi connectivity index (χ0) is 35.3. The average Bonchev–Trinajstić information content (AvgIpc) is 3.93. The van der Waals surface area contributed by atoms with Gasteiger partial charge in [-0.2, -0.15) is 0 Å². The number of fused-ring (bicyclic) bond motifs is 14. The lowest BCUT2D eigenvalue weighted by molar-refractivity contribution is 0.672. The highest BCUT2D eigenvalue weighted by molar-refractivity contribution is 7.26. The van der Waals surface area contributed by atoms with Gasteiger partial charge >= 0.3 is 0 Å². The minimum atomic E-state index is 0.860. The van der Waals surface area contributed by atoms with E-state index in [0.717, 1.165) is 82.8 Å². The second-order valence-corrected chi connectivity index (χ2v) is 15.1. The molecule has 3 nitrogen and oxygen atoms in total. The predicted octanol–water partition coefficient (Wildman–Crippen LogP) is 15.3. The number of nitrogens with zero attached hydrogens (tertiary/aromatic N) is 1. The van der Waals surface area contributed by atoms with Gasteiger partial charge in [0, 0.05) is 69.8 Å². The lowest BCUT2D eigenvalue weighted by Gasteiger charge is -2.28. The highest BCUT2D eigenvalue weighted by atomic mass is 32.1. The minimum Gasteiger partial charge on any atom is -0.455 e. The molecule has 0 fully saturated rings. The Morgan fingerprint density at radius 1 is 0.389 bits per heavy atom. The van der Waals surface area contributed by atoms with Crippen molar-refractivity contribution in [1.29, 1.82) is 0 Å². The fourth-order valence-electron chi connectivity index (χ4n) is 8.64. The van der Waals surface area contributed by atoms with Crippen molar-refractivity contribution >= 4 is 114 Å². The fourth-order valence-corrected chi connectivity index (χ4v) is 9.78. The van der Waals surface area contributed by atoms with Crippen LogP contribution < -0.4 is 4.90 Å². The van der Waals surface area contributed by atoms with Crippen molar-refractivity contribution in [2.75, 3.05) is 4.90 Å². The molecule has 252 valence electrons. The number of benzene rings is 9. The summed E-state index contributed by atoms with van der Waals surface area (Å²) in [6, 6.07) is 62.9. The highest BCUT2D eigenvalue weighted by Gasteiger charge is 2.24. The van der Waals surface area contributed by atoms with Gasteiger partial charge in [0.15, 0.2) is 0 Å². The standard InChI is InChI=1S/C50H29NO2S/c1-2-11-30(12-3-1)34-15-8-9-18-40(34)51(33-23-26-37-38-24-21-31-13-4-6-16-35(31)49(38)53-43(37)29-33)41-19-10-20-44-47(41)48-45(54-44)28-27-42-46(48)39-25-22-32-14-5-7-17-36(32)50(39)52-42/h1-29H. The average molecular weight is 708 g/mol. The van der Waals surface area contributed by atoms with Gasteiger partial charge < -0.3 is 13.7 Å². The van der Waals surface area contributed by atoms with E-state index < -0.39 is 0 Å². The van der Waals surface area contributed by atoms with Crippen molar-refractivity contribution in [3.8, 4) is 11.1 Å². The molecule has 0 aliphatic rings. The van der Waals surface area contributed by atoms with Crippen LogP contribution in [0.4, 0.5) is 17.1 Å². The second-order valence-electron chi connectivity index (χ2n) is 14.0. The molecule has 0 spiro atoms. The highest BCUT2D eigenvalue weighted by Crippen LogP contribution is 2.51. The van der Waals surface area contributed by atoms with E-state index in [-0.39, 0.29) is 0 Å². The lowest BCUT2D eigenvalue weighted by atomic mass is 9.99. The summed E-state index contributed by atoms with van der Waals surface area (Å²) in [6.45, 7) is 0. The maximum Gasteiger partial charge on any atom is 0.143 e. The Kier molecular flexibility index (Phi) is 6.21. The third kappa shape index (κ3) is 4.23. The second kappa shape index (κ2) is 11.3. The van der Waals surface area contributed by atoms with Gasteiger partial charge in [0.05, 0.1) is 11.4 Å². The number of para-hydroxylation sites is 1. The molecule has 12 aromatic rings. The first-order valence-electron chi connectivity index (χ1n) is 18.3. The van der Waals surface area contributed by atoms with Crippen molar-refractivity contribution in [2.45, 2.75) is 0 Å². The summed E-state index contributed by atoms with van der Waals surface area (Å²) in [7, 11) is 0. The quantitative estimate of drug-likeness (QED) is 0.182. The summed E-state index contributed by atoms with van der Waals surface area (Å²) in [5, 5.41) is 11.5. The molecular weight excluding hydrogens is 679 g/mol. The first-order valence-corrected chi connectivity index (χ1v) is 19.1. The van der Waals surface area contributed by atoms with Gasteiger partial charge in [-0.15, -0.1) is 11.3 Å². The van der Waals surface area contributed by atoms with Crippen LogP contribution in [0.25, 0.3) is 96.7 Å². The van der Waals surface area contributed by atoms with E-state index in [1.807, 2.05) is 11.3 Å². The Balaban J connectivity index is 1.19. The summed E-state index contributed by atoms with van der Waals surface area (Å²) < 4.78 is 16.0. The molecule has 0 N–H and O–H groups in total. The smallest absolute Gasteiger partial charge is 0.143 e. The topological polar surface area (TPSA) is 29.5 Å². The van der Waals surface area contributed by atoms with Crippen molar-refractivity contribution < 1.29 is 8.83 Å². The molecule has 0 amide bonds. The molecular formula is C50H29NO2S. The van der Waals surface area contributed by atoms with Crippen LogP contribution in [-0.4, -0.2) is 0 Å². The summed E-state index contributed by atoms with van der Waals surface area (Å²) in [5.41, 5.74) is 9.14. The predicted molar refractivity (Wildman–Crippen MR) is 229 cm³/mol. The molecule has 0 saturated heterocycles. The maximum atomic E-state index is 6.78. The molecule has 12 rings (SSSR count). The number of rotatable bonds is 4. The minimum absolute atomic E-state index is 0.860. The zero-order valence-corrected chi connectivity index (χ0v) is 29.7. The van der Waals surface area contributed by atoms with Crippen LogP contribution >= 0.6 is 11.3 Å². The third-order valence-electron chi connectivity index (χ3n) is 11.0. The SMILES string of the molecule is c1ccc(-c2ccccc2N(c2ccc3c(c2)oc2c4ccccc4ccc32)c2cccc3sc4ccc5oc6c7ccccc7ccc6c5c4c23)cc1. The summed E-state index contributed by atoms with van der Waals surface area (Å²) in [4.78, 5) is 2.43. The van der Waals surface area contributed by atoms with Crippen molar-refractivity contribution in [3.05, 3.63) is 176 Å². The molecule has 4 heteroatoms. The number of hydrogen-bond acceptors (Lipinski definition) is 4. The number of hydrogen-bond donors (Lipinski definition) is 0. The van der Waals surface area contributed by atoms with E-state index >= 15 is 0 Å². The Hall–Kier alpha value is -6.88. The van der Waals surface area contributed by atoms with Gasteiger partial charge in [0.1, 0.15) is 22.3 Å². The largest absolute Gasteiger partial charge is 0.455 e. The number of anilines is 3. The van der Waals surface area contributed by atoms with Crippen LogP contribution in [0.3, 0.4) is 0 Å². The molecule has 0 bridgehead atoms. The van der Waals surface area contributed by atoms with Crippen LogP contribution in [0.15, 0.2) is 185 Å². The number of thiophene rings is 1. The van der Waals surface area contributed by atoms with Crippen molar-refractivity contribution in [3.63, 3.8) is 0 Å². The molecule has 0 aliphatic carbocycles. The van der Waals surface area contributed by atoms with Gasteiger partial charge in [-0.25, -0.2) is 0 Å². The van der Waals surface area contributed by atoms with E-state index in [1.165, 1.54) is 30.9 Å². The van der Waals surface area contributed by atoms with Gasteiger partial charge in [-0.3, -0.25) is 0 Å². The third-order valence-corrected chi connectivity index (χ3v) is 12.2. The lowest BCUT2D eigenvalue weighted by Crippen LogP contribution is -2.11. The molecule has 0 aliphatic heterocycles. The molecule has 3 heterocycles. The van der Waals surface area contributed by atoms with Gasteiger partial charge in [-0.1, -0.05) is 115 Å². The monoisotopic (exact) mass is 707 g/mol. The molecule has 0 saturated carbocycles. The number of furan rings is 2. The van der Waals surface area contributed by atoms with E-state index in [0.29, 0.717) is 0 Å². The van der Waals surface area contributed by atoms with E-state index in [4.69, 9.17) is 8.83 Å². The van der Waals surface area contributed by atoms with Crippen LogP contribution in [0.1, 0.15) is 0 Å². The summed E-state index contributed by atoms with van der Waals surface area (Å²) in [5.74, 6) is 0. The Morgan fingerprint density at radius 2 is 1.04 bits per heavy atom. The normalized spacial score (nSPS) is 12.1. The van der Waals surface area contributed by atoms with Crippen LogP contribution in [0.2, 0.25) is 0 Å². The Bertz CT molecular complexity index is 3460. The molecule has 0 atom stereocenters. The first kappa shape index (κ1) is 29.7. The summed E-state index contributed by atoms with van der Waals surface area (Å²) in [6.07, 6.45) is 0. The van der Waals surface area contributed by atoms with Crippen LogP contribution in [-0.2, 0) is 0 Å². The van der Waals surface area contributed by atoms with E-state index in [9.17, 15) is 0 Å². The molecule has 9 aromatic carbocycles. The van der Waals surface area contributed by atoms with Crippen LogP contribution in [0, 0.1) is 0 Å². The first-order chi connectivity index (χ1) is 26.8. The Morgan fingerprint density at radius 3 is 1.87 bits per heavy atom. The molecule has 0 radical (unpaired) electrons. The van der Waals surface area contributed by atoms with Crippen molar-refractivity contribution in [2.24, 2.45) is 0 Å². The van der Waals surface area contributed by atoms with Crippen molar-refractivity contribution in [1.82, 2.24) is 0 Å². The van der Waals surface area contributed by atoms with Gasteiger partial charge in [0.2, 0.25) is 0 Å². The van der Waals surface area contributed by atoms with Gasteiger partial charge in [-0.05, 0) is 70.9 Å². The molecule has 54 heavy (non-hydrogen) atoms. The summed E-state index contributed by atoms with van der Waals surface area (Å²) >= 11 is 1.83. The van der Waals surface area contributed by atoms with E-state index in [1.54, 1.807) is 0 Å². The maximum absolute atomic E-state index is 6.78. The van der Waals surface area contributed by atoms with Gasteiger partial charge in [0.25, 0.3) is 0 Å². The fraction of sp³-hybridized carbons (Fsp3) is 0. The Labute approximate surface area is 313 Å². The zero-order valence-electron chi connectivity index (χ0n) is 28.9. The molecule has 3 aromatic heterocycles. The van der Waals surface area contributed by atoms with E-state index in [2.05, 4.69) is 181 Å². The van der Waals surface area contributed by atoms with Crippen LogP contribution in [0.5, 0.6) is 0 Å². The molecule has 0 unspecified atom stereocenters.